The minimum atomic E-state index is -0.229. The molecule has 4 rings (SSSR count). The standard InChI is InChI=1S/C18H16N2O3S/c1-11-5-3-4-6-12(11)17(21)19-18-20(2)13-9-14-15(10-16(13)24-18)23-8-7-22-14/h3-6,9-10H,7-8H2,1-2H3. The monoisotopic (exact) mass is 340 g/mol. The number of carbonyl (C=O) groups excluding carboxylic acids is 1. The van der Waals surface area contributed by atoms with Crippen molar-refractivity contribution in [1.82, 2.24) is 4.57 Å². The fraction of sp³-hybridized carbons (Fsp3) is 0.222. The first-order chi connectivity index (χ1) is 11.6. The van der Waals surface area contributed by atoms with Crippen molar-refractivity contribution in [3.63, 3.8) is 0 Å². The number of nitrogens with zero attached hydrogens (tertiary/aromatic N) is 2. The molecule has 1 aliphatic rings. The number of fused-ring (bicyclic) bond motifs is 2. The maximum atomic E-state index is 12.5. The summed E-state index contributed by atoms with van der Waals surface area (Å²) in [6.07, 6.45) is 0. The van der Waals surface area contributed by atoms with E-state index in [4.69, 9.17) is 9.47 Å². The Morgan fingerprint density at radius 1 is 1.17 bits per heavy atom. The van der Waals surface area contributed by atoms with E-state index >= 15 is 0 Å². The summed E-state index contributed by atoms with van der Waals surface area (Å²) in [6, 6.07) is 11.4. The smallest absolute Gasteiger partial charge is 0.279 e. The van der Waals surface area contributed by atoms with E-state index in [0.29, 0.717) is 23.6 Å². The summed E-state index contributed by atoms with van der Waals surface area (Å²) in [6.45, 7) is 3.02. The highest BCUT2D eigenvalue weighted by Gasteiger charge is 2.16. The van der Waals surface area contributed by atoms with Gasteiger partial charge in [0.15, 0.2) is 16.3 Å². The fourth-order valence-electron chi connectivity index (χ4n) is 2.73. The Kier molecular flexibility index (Phi) is 3.61. The number of hydrogen-bond acceptors (Lipinski definition) is 4. The van der Waals surface area contributed by atoms with Crippen molar-refractivity contribution in [3.05, 3.63) is 52.3 Å². The first kappa shape index (κ1) is 15.0. The van der Waals surface area contributed by atoms with Gasteiger partial charge in [0.1, 0.15) is 13.2 Å². The van der Waals surface area contributed by atoms with Crippen LogP contribution < -0.4 is 14.3 Å². The summed E-state index contributed by atoms with van der Waals surface area (Å²) in [4.78, 5) is 17.5. The number of amides is 1. The zero-order chi connectivity index (χ0) is 16.7. The molecule has 0 saturated carbocycles. The molecule has 24 heavy (non-hydrogen) atoms. The predicted molar refractivity (Wildman–Crippen MR) is 92.9 cm³/mol. The molecule has 6 heteroatoms. The molecule has 0 saturated heterocycles. The maximum absolute atomic E-state index is 12.5. The Hall–Kier alpha value is -2.60. The minimum Gasteiger partial charge on any atom is -0.486 e. The molecule has 0 spiro atoms. The number of hydrogen-bond donors (Lipinski definition) is 0. The van der Waals surface area contributed by atoms with Crippen molar-refractivity contribution in [1.29, 1.82) is 0 Å². The molecule has 0 radical (unpaired) electrons. The van der Waals surface area contributed by atoms with E-state index in [1.54, 1.807) is 6.07 Å². The summed E-state index contributed by atoms with van der Waals surface area (Å²) in [5.74, 6) is 1.25. The third kappa shape index (κ3) is 2.49. The molecule has 0 bridgehead atoms. The lowest BCUT2D eigenvalue weighted by molar-refractivity contribution is 0.0997. The van der Waals surface area contributed by atoms with Gasteiger partial charge in [-0.15, -0.1) is 0 Å². The second-order valence-electron chi connectivity index (χ2n) is 5.64. The molecule has 5 nitrogen and oxygen atoms in total. The van der Waals surface area contributed by atoms with Crippen molar-refractivity contribution in [2.75, 3.05) is 13.2 Å². The molecule has 0 unspecified atom stereocenters. The third-order valence-electron chi connectivity index (χ3n) is 4.05. The van der Waals surface area contributed by atoms with Gasteiger partial charge in [0, 0.05) is 24.7 Å². The van der Waals surface area contributed by atoms with Gasteiger partial charge in [-0.1, -0.05) is 29.5 Å². The summed E-state index contributed by atoms with van der Waals surface area (Å²) in [5.41, 5.74) is 2.52. The highest BCUT2D eigenvalue weighted by Crippen LogP contribution is 2.35. The van der Waals surface area contributed by atoms with Crippen LogP contribution in [0.4, 0.5) is 0 Å². The SMILES string of the molecule is Cc1ccccc1C(=O)N=c1sc2cc3c(cc2n1C)OCCO3. The van der Waals surface area contributed by atoms with Crippen LogP contribution in [0.5, 0.6) is 11.5 Å². The van der Waals surface area contributed by atoms with Crippen molar-refractivity contribution < 1.29 is 14.3 Å². The van der Waals surface area contributed by atoms with Crippen LogP contribution in [0.2, 0.25) is 0 Å². The Morgan fingerprint density at radius 2 is 1.88 bits per heavy atom. The molecule has 3 aromatic rings. The lowest BCUT2D eigenvalue weighted by Gasteiger charge is -2.18. The predicted octanol–water partition coefficient (Wildman–Crippen LogP) is 3.06. The minimum absolute atomic E-state index is 0.229. The molecule has 0 aliphatic carbocycles. The van der Waals surface area contributed by atoms with Crippen LogP contribution >= 0.6 is 11.3 Å². The average Bonchev–Trinajstić information content (AvgIpc) is 2.88. The Bertz CT molecular complexity index is 1020. The second-order valence-corrected chi connectivity index (χ2v) is 6.65. The van der Waals surface area contributed by atoms with E-state index in [1.807, 2.05) is 48.9 Å². The molecule has 0 atom stereocenters. The summed E-state index contributed by atoms with van der Waals surface area (Å²) in [5, 5.41) is 0. The van der Waals surface area contributed by atoms with E-state index in [0.717, 1.165) is 27.3 Å². The van der Waals surface area contributed by atoms with Crippen LogP contribution in [0, 0.1) is 6.92 Å². The van der Waals surface area contributed by atoms with Gasteiger partial charge in [0.2, 0.25) is 0 Å². The van der Waals surface area contributed by atoms with Crippen LogP contribution in [0.3, 0.4) is 0 Å². The Morgan fingerprint density at radius 3 is 2.62 bits per heavy atom. The van der Waals surface area contributed by atoms with Gasteiger partial charge < -0.3 is 14.0 Å². The number of thiazole rings is 1. The van der Waals surface area contributed by atoms with E-state index in [1.165, 1.54) is 11.3 Å². The topological polar surface area (TPSA) is 52.8 Å². The summed E-state index contributed by atoms with van der Waals surface area (Å²) >= 11 is 1.47. The van der Waals surface area contributed by atoms with Crippen molar-refractivity contribution in [2.24, 2.45) is 12.0 Å². The normalized spacial score (nSPS) is 14.2. The van der Waals surface area contributed by atoms with Gasteiger partial charge >= 0.3 is 0 Å². The number of aryl methyl sites for hydroxylation is 2. The van der Waals surface area contributed by atoms with Crippen LogP contribution in [0.15, 0.2) is 41.4 Å². The van der Waals surface area contributed by atoms with Gasteiger partial charge in [-0.3, -0.25) is 4.79 Å². The van der Waals surface area contributed by atoms with Crippen LogP contribution in [-0.4, -0.2) is 23.7 Å². The maximum Gasteiger partial charge on any atom is 0.279 e. The van der Waals surface area contributed by atoms with Crippen molar-refractivity contribution in [2.45, 2.75) is 6.92 Å². The highest BCUT2D eigenvalue weighted by atomic mass is 32.1. The fourth-order valence-corrected chi connectivity index (χ4v) is 3.76. The zero-order valence-electron chi connectivity index (χ0n) is 13.4. The molecule has 0 N–H and O–H groups in total. The lowest BCUT2D eigenvalue weighted by atomic mass is 10.1. The van der Waals surface area contributed by atoms with Crippen LogP contribution in [0.1, 0.15) is 15.9 Å². The largest absolute Gasteiger partial charge is 0.486 e. The van der Waals surface area contributed by atoms with E-state index in [-0.39, 0.29) is 5.91 Å². The lowest BCUT2D eigenvalue weighted by Crippen LogP contribution is -2.16. The van der Waals surface area contributed by atoms with E-state index in [2.05, 4.69) is 4.99 Å². The third-order valence-corrected chi connectivity index (χ3v) is 5.14. The molecule has 2 aromatic carbocycles. The molecule has 0 fully saturated rings. The van der Waals surface area contributed by atoms with Crippen molar-refractivity contribution in [3.8, 4) is 11.5 Å². The number of aromatic nitrogens is 1. The first-order valence-electron chi connectivity index (χ1n) is 7.67. The molecule has 1 amide bonds. The summed E-state index contributed by atoms with van der Waals surface area (Å²) < 4.78 is 14.2. The molecule has 1 aliphatic heterocycles. The van der Waals surface area contributed by atoms with E-state index < -0.39 is 0 Å². The first-order valence-corrected chi connectivity index (χ1v) is 8.49. The Labute approximate surface area is 142 Å². The number of benzene rings is 2. The zero-order valence-corrected chi connectivity index (χ0v) is 14.2. The van der Waals surface area contributed by atoms with Crippen molar-refractivity contribution >= 4 is 27.5 Å². The Balaban J connectivity index is 1.83. The van der Waals surface area contributed by atoms with Gasteiger partial charge in [0.05, 0.1) is 10.2 Å². The summed E-state index contributed by atoms with van der Waals surface area (Å²) in [7, 11) is 1.90. The molecule has 1 aromatic heterocycles. The highest BCUT2D eigenvalue weighted by molar-refractivity contribution is 7.16. The molecule has 122 valence electrons. The van der Waals surface area contributed by atoms with Crippen LogP contribution in [-0.2, 0) is 7.05 Å². The quantitative estimate of drug-likeness (QED) is 0.684. The number of carbonyl (C=O) groups is 1. The van der Waals surface area contributed by atoms with Gasteiger partial charge in [0.25, 0.3) is 5.91 Å². The van der Waals surface area contributed by atoms with Gasteiger partial charge in [-0.2, -0.15) is 4.99 Å². The van der Waals surface area contributed by atoms with Crippen LogP contribution in [0.25, 0.3) is 10.2 Å². The van der Waals surface area contributed by atoms with E-state index in [9.17, 15) is 4.79 Å². The van der Waals surface area contributed by atoms with Gasteiger partial charge in [-0.05, 0) is 18.6 Å². The second kappa shape index (κ2) is 5.79. The molecular formula is C18H16N2O3S. The van der Waals surface area contributed by atoms with Gasteiger partial charge in [-0.25, -0.2) is 0 Å². The molecule has 2 heterocycles. The average molecular weight is 340 g/mol. The molecular weight excluding hydrogens is 324 g/mol. The number of rotatable bonds is 1. The number of ether oxygens (including phenoxy) is 2.